The number of aryl methyl sites for hydroxylation is 1. The van der Waals surface area contributed by atoms with Crippen LogP contribution in [0.4, 0.5) is 4.39 Å². The van der Waals surface area contributed by atoms with Gasteiger partial charge in [0.05, 0.1) is 25.3 Å². The Morgan fingerprint density at radius 3 is 2.80 bits per heavy atom. The molecule has 0 aliphatic heterocycles. The first-order valence-corrected chi connectivity index (χ1v) is 6.49. The molecule has 0 aliphatic rings. The van der Waals surface area contributed by atoms with E-state index >= 15 is 0 Å². The predicted octanol–water partition coefficient (Wildman–Crippen LogP) is 2.14. The van der Waals surface area contributed by atoms with Crippen LogP contribution < -0.4 is 4.74 Å². The average Bonchev–Trinajstić information content (AvgIpc) is 2.75. The number of benzene rings is 1. The van der Waals surface area contributed by atoms with Crippen molar-refractivity contribution in [2.75, 3.05) is 20.1 Å². The van der Waals surface area contributed by atoms with Gasteiger partial charge in [0.1, 0.15) is 12.4 Å². The molecule has 0 amide bonds. The van der Waals surface area contributed by atoms with E-state index in [1.807, 2.05) is 0 Å². The zero-order chi connectivity index (χ0) is 14.7. The summed E-state index contributed by atoms with van der Waals surface area (Å²) in [5.74, 6) is 0.141. The average molecular weight is 301 g/mol. The summed E-state index contributed by atoms with van der Waals surface area (Å²) >= 11 is 5.73. The van der Waals surface area contributed by atoms with Gasteiger partial charge in [-0.05, 0) is 0 Å². The molecule has 0 unspecified atom stereocenters. The highest BCUT2D eigenvalue weighted by Gasteiger charge is 2.16. The van der Waals surface area contributed by atoms with Gasteiger partial charge in [0.15, 0.2) is 11.6 Å². The number of hydrogen-bond acceptors (Lipinski definition) is 4. The van der Waals surface area contributed by atoms with Crippen LogP contribution in [-0.2, 0) is 22.5 Å². The number of carbonyl (C=O) groups is 1. The van der Waals surface area contributed by atoms with E-state index in [0.29, 0.717) is 29.2 Å². The van der Waals surface area contributed by atoms with Gasteiger partial charge < -0.3 is 14.0 Å². The zero-order valence-corrected chi connectivity index (χ0v) is 11.9. The number of halogens is 2. The van der Waals surface area contributed by atoms with E-state index in [0.717, 1.165) is 0 Å². The van der Waals surface area contributed by atoms with Gasteiger partial charge in [-0.15, -0.1) is 11.6 Å². The Morgan fingerprint density at radius 2 is 2.20 bits per heavy atom. The SMILES string of the molecule is COC(=O)Cn1c(CCCl)nc2cc(F)c(OC)cc21. The molecule has 0 bridgehead atoms. The maximum Gasteiger partial charge on any atom is 0.325 e. The zero-order valence-electron chi connectivity index (χ0n) is 11.2. The number of esters is 1. The number of carbonyl (C=O) groups excluding carboxylic acids is 1. The summed E-state index contributed by atoms with van der Waals surface area (Å²) < 4.78 is 25.0. The lowest BCUT2D eigenvalue weighted by Gasteiger charge is -2.08. The van der Waals surface area contributed by atoms with Crippen LogP contribution in [0.1, 0.15) is 5.82 Å². The smallest absolute Gasteiger partial charge is 0.325 e. The highest BCUT2D eigenvalue weighted by Crippen LogP contribution is 2.25. The highest BCUT2D eigenvalue weighted by molar-refractivity contribution is 6.17. The second-order valence-electron chi connectivity index (χ2n) is 4.10. The summed E-state index contributed by atoms with van der Waals surface area (Å²) in [5, 5.41) is 0. The maximum absolute atomic E-state index is 13.7. The Labute approximate surface area is 120 Å². The molecule has 0 saturated carbocycles. The minimum atomic E-state index is -0.500. The van der Waals surface area contributed by atoms with Crippen molar-refractivity contribution in [3.05, 3.63) is 23.8 Å². The number of methoxy groups -OCH3 is 2. The molecule has 7 heteroatoms. The monoisotopic (exact) mass is 300 g/mol. The van der Waals surface area contributed by atoms with Gasteiger partial charge in [-0.2, -0.15) is 0 Å². The van der Waals surface area contributed by atoms with Crippen LogP contribution >= 0.6 is 11.6 Å². The molecule has 2 rings (SSSR count). The third-order valence-electron chi connectivity index (χ3n) is 2.93. The first-order valence-electron chi connectivity index (χ1n) is 5.96. The standard InChI is InChI=1S/C13H14ClFN2O3/c1-19-11-6-10-9(5-8(11)15)16-12(3-4-14)17(10)7-13(18)20-2/h5-6H,3-4,7H2,1-2H3. The molecule has 1 aromatic heterocycles. The summed E-state index contributed by atoms with van der Waals surface area (Å²) in [5.41, 5.74) is 1.06. The molecule has 0 radical (unpaired) electrons. The number of imidazole rings is 1. The molecule has 1 heterocycles. The molecule has 1 aromatic carbocycles. The van der Waals surface area contributed by atoms with Crippen molar-refractivity contribution in [2.24, 2.45) is 0 Å². The molecule has 5 nitrogen and oxygen atoms in total. The number of alkyl halides is 1. The van der Waals surface area contributed by atoms with Gasteiger partial charge in [0.2, 0.25) is 0 Å². The molecule has 0 spiro atoms. The van der Waals surface area contributed by atoms with E-state index in [-0.39, 0.29) is 12.3 Å². The fourth-order valence-electron chi connectivity index (χ4n) is 1.98. The van der Waals surface area contributed by atoms with Crippen molar-refractivity contribution in [1.82, 2.24) is 9.55 Å². The minimum absolute atomic E-state index is 0.00594. The Kier molecular flexibility index (Phi) is 4.44. The maximum atomic E-state index is 13.7. The summed E-state index contributed by atoms with van der Waals surface area (Å²) in [7, 11) is 2.69. The van der Waals surface area contributed by atoms with E-state index in [9.17, 15) is 9.18 Å². The lowest BCUT2D eigenvalue weighted by molar-refractivity contribution is -0.141. The highest BCUT2D eigenvalue weighted by atomic mass is 35.5. The molecule has 20 heavy (non-hydrogen) atoms. The lowest BCUT2D eigenvalue weighted by atomic mass is 10.3. The van der Waals surface area contributed by atoms with Gasteiger partial charge >= 0.3 is 5.97 Å². The molecule has 0 saturated heterocycles. The number of ether oxygens (including phenoxy) is 2. The van der Waals surface area contributed by atoms with Gasteiger partial charge in [0.25, 0.3) is 0 Å². The van der Waals surface area contributed by atoms with Crippen LogP contribution in [0.15, 0.2) is 12.1 Å². The second kappa shape index (κ2) is 6.09. The van der Waals surface area contributed by atoms with Gasteiger partial charge in [-0.1, -0.05) is 0 Å². The van der Waals surface area contributed by atoms with Crippen molar-refractivity contribution >= 4 is 28.6 Å². The summed E-state index contributed by atoms with van der Waals surface area (Å²) in [6.07, 6.45) is 0.469. The van der Waals surface area contributed by atoms with E-state index in [4.69, 9.17) is 16.3 Å². The molecular weight excluding hydrogens is 287 g/mol. The van der Waals surface area contributed by atoms with E-state index in [1.165, 1.54) is 26.4 Å². The molecule has 0 aliphatic carbocycles. The number of aromatic nitrogens is 2. The molecule has 0 fully saturated rings. The number of nitrogens with zero attached hydrogens (tertiary/aromatic N) is 2. The number of rotatable bonds is 5. The second-order valence-corrected chi connectivity index (χ2v) is 4.48. The fraction of sp³-hybridized carbons (Fsp3) is 0.385. The van der Waals surface area contributed by atoms with Crippen LogP contribution in [-0.4, -0.2) is 35.6 Å². The molecule has 0 atom stereocenters. The van der Waals surface area contributed by atoms with Crippen molar-refractivity contribution < 1.29 is 18.7 Å². The first kappa shape index (κ1) is 14.6. The Bertz CT molecular complexity index is 642. The van der Waals surface area contributed by atoms with Crippen molar-refractivity contribution in [3.8, 4) is 5.75 Å². The third-order valence-corrected chi connectivity index (χ3v) is 3.12. The van der Waals surface area contributed by atoms with Crippen molar-refractivity contribution in [1.29, 1.82) is 0 Å². The fourth-order valence-corrected chi connectivity index (χ4v) is 2.15. The van der Waals surface area contributed by atoms with Gasteiger partial charge in [0, 0.05) is 24.4 Å². The number of hydrogen-bond donors (Lipinski definition) is 0. The Morgan fingerprint density at radius 1 is 1.45 bits per heavy atom. The Balaban J connectivity index is 2.59. The van der Waals surface area contributed by atoms with Gasteiger partial charge in [-0.3, -0.25) is 4.79 Å². The predicted molar refractivity (Wildman–Crippen MR) is 72.7 cm³/mol. The summed E-state index contributed by atoms with van der Waals surface area (Å²) in [4.78, 5) is 15.8. The molecule has 108 valence electrons. The van der Waals surface area contributed by atoms with Crippen LogP contribution in [0.5, 0.6) is 5.75 Å². The molecule has 0 N–H and O–H groups in total. The largest absolute Gasteiger partial charge is 0.494 e. The van der Waals surface area contributed by atoms with E-state index < -0.39 is 11.8 Å². The summed E-state index contributed by atoms with van der Waals surface area (Å²) in [6.45, 7) is -0.00594. The van der Waals surface area contributed by atoms with Crippen LogP contribution in [0.25, 0.3) is 11.0 Å². The lowest BCUT2D eigenvalue weighted by Crippen LogP contribution is -2.14. The van der Waals surface area contributed by atoms with Crippen LogP contribution in [0.2, 0.25) is 0 Å². The van der Waals surface area contributed by atoms with Crippen LogP contribution in [0, 0.1) is 5.82 Å². The van der Waals surface area contributed by atoms with Crippen molar-refractivity contribution in [2.45, 2.75) is 13.0 Å². The first-order chi connectivity index (χ1) is 9.60. The van der Waals surface area contributed by atoms with E-state index in [2.05, 4.69) is 9.72 Å². The molecule has 2 aromatic rings. The minimum Gasteiger partial charge on any atom is -0.494 e. The number of fused-ring (bicyclic) bond motifs is 1. The van der Waals surface area contributed by atoms with Gasteiger partial charge in [-0.25, -0.2) is 9.37 Å². The van der Waals surface area contributed by atoms with E-state index in [1.54, 1.807) is 4.57 Å². The quantitative estimate of drug-likeness (QED) is 0.627. The Hall–Kier alpha value is -1.82. The normalized spacial score (nSPS) is 10.8. The van der Waals surface area contributed by atoms with Crippen LogP contribution in [0.3, 0.4) is 0 Å². The third kappa shape index (κ3) is 2.70. The summed E-state index contributed by atoms with van der Waals surface area (Å²) in [6, 6.07) is 2.79. The molecular formula is C13H14ClFN2O3. The van der Waals surface area contributed by atoms with Crippen molar-refractivity contribution in [3.63, 3.8) is 0 Å². The topological polar surface area (TPSA) is 53.4 Å².